The second kappa shape index (κ2) is 5.80. The first-order valence-corrected chi connectivity index (χ1v) is 7.11. The van der Waals surface area contributed by atoms with Crippen LogP contribution in [0.5, 0.6) is 11.6 Å². The van der Waals surface area contributed by atoms with Crippen molar-refractivity contribution in [1.29, 1.82) is 0 Å². The predicted molar refractivity (Wildman–Crippen MR) is 81.5 cm³/mol. The Morgan fingerprint density at radius 3 is 2.40 bits per heavy atom. The summed E-state index contributed by atoms with van der Waals surface area (Å²) in [5.41, 5.74) is 3.04. The van der Waals surface area contributed by atoms with Gasteiger partial charge in [-0.2, -0.15) is 5.10 Å². The van der Waals surface area contributed by atoms with E-state index < -0.39 is 0 Å². The van der Waals surface area contributed by atoms with E-state index in [1.54, 1.807) is 6.07 Å². The zero-order chi connectivity index (χ0) is 14.8. The second-order valence-corrected chi connectivity index (χ2v) is 6.12. The first kappa shape index (κ1) is 14.8. The molecule has 4 heteroatoms. The zero-order valence-corrected chi connectivity index (χ0v) is 13.0. The molecule has 1 aromatic heterocycles. The standard InChI is InChI=1S/C16H19ClN2O/c1-11-5-7-13(16(2,3)4)14(9-11)20-15-8-6-12(10-17)18-19-15/h5-9H,10H2,1-4H3. The topological polar surface area (TPSA) is 35.0 Å². The number of halogens is 1. The van der Waals surface area contributed by atoms with Crippen LogP contribution < -0.4 is 4.74 Å². The normalized spacial score (nSPS) is 11.4. The number of hydrogen-bond donors (Lipinski definition) is 0. The van der Waals surface area contributed by atoms with Gasteiger partial charge in [-0.1, -0.05) is 32.9 Å². The Morgan fingerprint density at radius 1 is 1.10 bits per heavy atom. The Hall–Kier alpha value is -1.61. The molecule has 106 valence electrons. The maximum absolute atomic E-state index is 5.90. The van der Waals surface area contributed by atoms with E-state index in [0.717, 1.165) is 22.6 Å². The maximum Gasteiger partial charge on any atom is 0.238 e. The first-order valence-electron chi connectivity index (χ1n) is 6.57. The summed E-state index contributed by atoms with van der Waals surface area (Å²) in [7, 11) is 0. The second-order valence-electron chi connectivity index (χ2n) is 5.85. The van der Waals surface area contributed by atoms with Gasteiger partial charge in [0.05, 0.1) is 11.6 Å². The van der Waals surface area contributed by atoms with Crippen molar-refractivity contribution in [3.05, 3.63) is 47.2 Å². The highest BCUT2D eigenvalue weighted by Gasteiger charge is 2.19. The molecule has 2 aromatic rings. The number of benzene rings is 1. The average Bonchev–Trinajstić information content (AvgIpc) is 2.38. The van der Waals surface area contributed by atoms with Gasteiger partial charge in [0.25, 0.3) is 0 Å². The van der Waals surface area contributed by atoms with E-state index in [4.69, 9.17) is 16.3 Å². The molecule has 2 rings (SSSR count). The summed E-state index contributed by atoms with van der Waals surface area (Å²) in [5, 5.41) is 8.04. The van der Waals surface area contributed by atoms with Crippen LogP contribution in [0.2, 0.25) is 0 Å². The fourth-order valence-electron chi connectivity index (χ4n) is 1.92. The van der Waals surface area contributed by atoms with Crippen LogP contribution in [0.3, 0.4) is 0 Å². The smallest absolute Gasteiger partial charge is 0.238 e. The third-order valence-electron chi connectivity index (χ3n) is 2.99. The lowest BCUT2D eigenvalue weighted by Crippen LogP contribution is -2.12. The zero-order valence-electron chi connectivity index (χ0n) is 12.3. The summed E-state index contributed by atoms with van der Waals surface area (Å²) in [6.07, 6.45) is 0. The minimum atomic E-state index is 0.00649. The van der Waals surface area contributed by atoms with Gasteiger partial charge in [0, 0.05) is 11.6 Å². The largest absolute Gasteiger partial charge is 0.437 e. The number of alkyl halides is 1. The monoisotopic (exact) mass is 290 g/mol. The van der Waals surface area contributed by atoms with Crippen LogP contribution in [-0.4, -0.2) is 10.2 Å². The molecule has 0 aliphatic heterocycles. The van der Waals surface area contributed by atoms with Crippen LogP contribution in [0.1, 0.15) is 37.6 Å². The van der Waals surface area contributed by atoms with Crippen LogP contribution in [0, 0.1) is 6.92 Å². The van der Waals surface area contributed by atoms with E-state index in [1.165, 1.54) is 0 Å². The summed E-state index contributed by atoms with van der Waals surface area (Å²) in [6.45, 7) is 8.52. The number of ether oxygens (including phenoxy) is 1. The van der Waals surface area contributed by atoms with Crippen LogP contribution in [0.25, 0.3) is 0 Å². The van der Waals surface area contributed by atoms with Gasteiger partial charge in [-0.25, -0.2) is 0 Å². The molecule has 20 heavy (non-hydrogen) atoms. The van der Waals surface area contributed by atoms with E-state index in [0.29, 0.717) is 11.8 Å². The molecule has 0 amide bonds. The van der Waals surface area contributed by atoms with Crippen molar-refractivity contribution in [3.63, 3.8) is 0 Å². The molecule has 0 saturated heterocycles. The molecule has 3 nitrogen and oxygen atoms in total. The molecular formula is C16H19ClN2O. The van der Waals surface area contributed by atoms with Gasteiger partial charge in [-0.15, -0.1) is 16.7 Å². The lowest BCUT2D eigenvalue weighted by atomic mass is 9.86. The van der Waals surface area contributed by atoms with Crippen molar-refractivity contribution < 1.29 is 4.74 Å². The Kier molecular flexibility index (Phi) is 4.29. The Labute approximate surface area is 125 Å². The van der Waals surface area contributed by atoms with Crippen molar-refractivity contribution in [2.45, 2.75) is 39.0 Å². The fraction of sp³-hybridized carbons (Fsp3) is 0.375. The van der Waals surface area contributed by atoms with Gasteiger partial charge in [0.1, 0.15) is 5.75 Å². The highest BCUT2D eigenvalue weighted by atomic mass is 35.5. The van der Waals surface area contributed by atoms with Crippen LogP contribution >= 0.6 is 11.6 Å². The van der Waals surface area contributed by atoms with E-state index >= 15 is 0 Å². The summed E-state index contributed by atoms with van der Waals surface area (Å²) in [5.74, 6) is 1.66. The summed E-state index contributed by atoms with van der Waals surface area (Å²) in [4.78, 5) is 0. The molecule has 0 fully saturated rings. The fourth-order valence-corrected chi connectivity index (χ4v) is 2.06. The summed E-state index contributed by atoms with van der Waals surface area (Å²) < 4.78 is 5.90. The molecule has 0 aliphatic rings. The van der Waals surface area contributed by atoms with Gasteiger partial charge in [0.15, 0.2) is 0 Å². The molecule has 0 aliphatic carbocycles. The van der Waals surface area contributed by atoms with Gasteiger partial charge < -0.3 is 4.74 Å². The van der Waals surface area contributed by atoms with Gasteiger partial charge in [-0.05, 0) is 30.0 Å². The molecule has 0 N–H and O–H groups in total. The average molecular weight is 291 g/mol. The number of aryl methyl sites for hydroxylation is 1. The number of nitrogens with zero attached hydrogens (tertiary/aromatic N) is 2. The van der Waals surface area contributed by atoms with Crippen molar-refractivity contribution in [3.8, 4) is 11.6 Å². The molecule has 0 radical (unpaired) electrons. The van der Waals surface area contributed by atoms with Crippen LogP contribution in [0.4, 0.5) is 0 Å². The molecule has 0 bridgehead atoms. The first-order chi connectivity index (χ1) is 9.40. The Bertz CT molecular complexity index is 588. The van der Waals surface area contributed by atoms with E-state index in [2.05, 4.69) is 43.1 Å². The lowest BCUT2D eigenvalue weighted by Gasteiger charge is -2.22. The molecule has 0 saturated carbocycles. The third kappa shape index (κ3) is 3.48. The van der Waals surface area contributed by atoms with Gasteiger partial charge >= 0.3 is 0 Å². The summed E-state index contributed by atoms with van der Waals surface area (Å²) in [6, 6.07) is 9.83. The minimum Gasteiger partial charge on any atom is -0.437 e. The Balaban J connectivity index is 2.34. The Morgan fingerprint density at radius 2 is 1.85 bits per heavy atom. The van der Waals surface area contributed by atoms with Gasteiger partial charge in [-0.3, -0.25) is 0 Å². The van der Waals surface area contributed by atoms with Crippen LogP contribution in [0.15, 0.2) is 30.3 Å². The van der Waals surface area contributed by atoms with Crippen molar-refractivity contribution in [2.24, 2.45) is 0 Å². The summed E-state index contributed by atoms with van der Waals surface area (Å²) >= 11 is 5.70. The molecule has 1 heterocycles. The van der Waals surface area contributed by atoms with Crippen molar-refractivity contribution in [2.75, 3.05) is 0 Å². The van der Waals surface area contributed by atoms with E-state index in [1.807, 2.05) is 19.1 Å². The highest BCUT2D eigenvalue weighted by molar-refractivity contribution is 6.16. The number of hydrogen-bond acceptors (Lipinski definition) is 3. The maximum atomic E-state index is 5.90. The quantitative estimate of drug-likeness (QED) is 0.774. The third-order valence-corrected chi connectivity index (χ3v) is 3.27. The molecule has 1 aromatic carbocycles. The number of rotatable bonds is 3. The highest BCUT2D eigenvalue weighted by Crippen LogP contribution is 2.34. The lowest BCUT2D eigenvalue weighted by molar-refractivity contribution is 0.433. The van der Waals surface area contributed by atoms with E-state index in [-0.39, 0.29) is 5.41 Å². The minimum absolute atomic E-state index is 0.00649. The molecular weight excluding hydrogens is 272 g/mol. The van der Waals surface area contributed by atoms with E-state index in [9.17, 15) is 0 Å². The molecule has 0 atom stereocenters. The van der Waals surface area contributed by atoms with Crippen LogP contribution in [-0.2, 0) is 11.3 Å². The van der Waals surface area contributed by atoms with Crippen molar-refractivity contribution >= 4 is 11.6 Å². The molecule has 0 spiro atoms. The SMILES string of the molecule is Cc1ccc(C(C)(C)C)c(Oc2ccc(CCl)nn2)c1. The predicted octanol–water partition coefficient (Wildman–Crippen LogP) is 4.61. The number of aromatic nitrogens is 2. The van der Waals surface area contributed by atoms with Gasteiger partial charge in [0.2, 0.25) is 5.88 Å². The molecule has 0 unspecified atom stereocenters. The van der Waals surface area contributed by atoms with Crippen molar-refractivity contribution in [1.82, 2.24) is 10.2 Å².